The van der Waals surface area contributed by atoms with Crippen molar-refractivity contribution >= 4 is 11.7 Å². The van der Waals surface area contributed by atoms with Gasteiger partial charge in [-0.3, -0.25) is 14.9 Å². The van der Waals surface area contributed by atoms with Crippen LogP contribution in [0, 0.1) is 6.92 Å². The smallest absolute Gasteiger partial charge is 0.456 e. The highest BCUT2D eigenvalue weighted by atomic mass is 19.4. The Labute approximate surface area is 204 Å². The molecule has 1 saturated heterocycles. The number of pyridine rings is 1. The van der Waals surface area contributed by atoms with E-state index in [1.165, 1.54) is 10.6 Å². The SMILES string of the molecule is Cc1nc(C(=O)N2CCC3(CC2)NC(C)(C)Cn2c(C(=O)C(F)(F)F)ccc23)ccc1OC(C)C.[HH]. The van der Waals surface area contributed by atoms with Crippen LogP contribution in [0.3, 0.4) is 0 Å². The van der Waals surface area contributed by atoms with Crippen LogP contribution in [0.15, 0.2) is 24.3 Å². The van der Waals surface area contributed by atoms with E-state index in [9.17, 15) is 22.8 Å². The third-order valence-electron chi connectivity index (χ3n) is 6.62. The Morgan fingerprint density at radius 1 is 1.14 bits per heavy atom. The van der Waals surface area contributed by atoms with Crippen LogP contribution in [0.5, 0.6) is 5.75 Å². The standard InChI is InChI=1S/C25H31F3N4O3.H2/c1-15(2)35-19-8-6-17(29-16(19)3)22(34)31-12-10-24(11-13-31)20-9-7-18(21(33)25(26,27)28)32(20)14-23(4,5)30-24;/h6-9,15,30H,10-14H2,1-5H3;1H. The lowest BCUT2D eigenvalue weighted by molar-refractivity contribution is -0.0892. The first-order valence-electron chi connectivity index (χ1n) is 11.8. The number of fused-ring (bicyclic) bond motifs is 2. The third-order valence-corrected chi connectivity index (χ3v) is 6.62. The molecule has 10 heteroatoms. The highest BCUT2D eigenvalue weighted by molar-refractivity contribution is 5.99. The van der Waals surface area contributed by atoms with Crippen LogP contribution >= 0.6 is 0 Å². The Balaban J connectivity index is 0.00000361. The van der Waals surface area contributed by atoms with Crippen LogP contribution in [0.4, 0.5) is 13.2 Å². The van der Waals surface area contributed by atoms with Gasteiger partial charge in [0.15, 0.2) is 0 Å². The lowest BCUT2D eigenvalue weighted by atomic mass is 9.79. The van der Waals surface area contributed by atoms with Gasteiger partial charge in [-0.05, 0) is 71.7 Å². The van der Waals surface area contributed by atoms with Crippen molar-refractivity contribution in [2.75, 3.05) is 13.1 Å². The number of alkyl halides is 3. The molecule has 2 aliphatic rings. The molecule has 0 aromatic carbocycles. The second kappa shape index (κ2) is 8.65. The minimum atomic E-state index is -4.94. The average molecular weight is 495 g/mol. The number of rotatable bonds is 4. The number of nitrogens with zero attached hydrogens (tertiary/aromatic N) is 3. The summed E-state index contributed by atoms with van der Waals surface area (Å²) in [5.74, 6) is -1.40. The first kappa shape index (κ1) is 25.2. The van der Waals surface area contributed by atoms with E-state index < -0.39 is 23.0 Å². The molecule has 1 amide bonds. The van der Waals surface area contributed by atoms with E-state index >= 15 is 0 Å². The van der Waals surface area contributed by atoms with Crippen molar-refractivity contribution < 1.29 is 28.9 Å². The first-order chi connectivity index (χ1) is 16.2. The lowest BCUT2D eigenvalue weighted by Crippen LogP contribution is -2.63. The molecule has 1 spiro atoms. The summed E-state index contributed by atoms with van der Waals surface area (Å²) in [5.41, 5.74) is 0.0930. The van der Waals surface area contributed by atoms with Gasteiger partial charge in [0.25, 0.3) is 11.7 Å². The molecule has 0 aliphatic carbocycles. The number of carbonyl (C=O) groups is 2. The maximum Gasteiger partial charge on any atom is 0.456 e. The maximum absolute atomic E-state index is 13.2. The van der Waals surface area contributed by atoms with E-state index in [0.717, 1.165) is 0 Å². The molecule has 0 radical (unpaired) electrons. The van der Waals surface area contributed by atoms with Crippen LogP contribution < -0.4 is 10.1 Å². The van der Waals surface area contributed by atoms with Gasteiger partial charge in [0.1, 0.15) is 11.4 Å². The quantitative estimate of drug-likeness (QED) is 0.635. The number of hydrogen-bond donors (Lipinski definition) is 1. The number of likely N-dealkylation sites (tertiary alicyclic amines) is 1. The second-order valence-corrected chi connectivity index (χ2v) is 10.3. The molecular weight excluding hydrogens is 461 g/mol. The van der Waals surface area contributed by atoms with Gasteiger partial charge in [0.05, 0.1) is 23.0 Å². The zero-order valence-electron chi connectivity index (χ0n) is 20.6. The molecule has 192 valence electrons. The Morgan fingerprint density at radius 2 is 1.80 bits per heavy atom. The number of Topliss-reactive ketones (excluding diaryl/α,β-unsaturated/α-hetero) is 1. The molecular formula is C25H33F3N4O3. The van der Waals surface area contributed by atoms with E-state index in [-0.39, 0.29) is 25.7 Å². The van der Waals surface area contributed by atoms with E-state index in [0.29, 0.717) is 48.8 Å². The number of amides is 1. The van der Waals surface area contributed by atoms with Gasteiger partial charge in [0.2, 0.25) is 0 Å². The fraction of sp³-hybridized carbons (Fsp3) is 0.560. The molecule has 2 aromatic heterocycles. The van der Waals surface area contributed by atoms with Crippen molar-refractivity contribution in [3.8, 4) is 5.75 Å². The molecule has 7 nitrogen and oxygen atoms in total. The van der Waals surface area contributed by atoms with Crippen LogP contribution in [-0.4, -0.2) is 57.1 Å². The Bertz CT molecular complexity index is 1150. The number of aromatic nitrogens is 2. The van der Waals surface area contributed by atoms with Gasteiger partial charge in [-0.25, -0.2) is 4.98 Å². The zero-order valence-corrected chi connectivity index (χ0v) is 20.6. The number of ether oxygens (including phenoxy) is 1. The highest BCUT2D eigenvalue weighted by Gasteiger charge is 2.49. The number of hydrogen-bond acceptors (Lipinski definition) is 5. The zero-order chi connectivity index (χ0) is 25.8. The number of aryl methyl sites for hydroxylation is 1. The topological polar surface area (TPSA) is 76.5 Å². The molecule has 2 aromatic rings. The van der Waals surface area contributed by atoms with Gasteiger partial charge >= 0.3 is 6.18 Å². The molecule has 0 unspecified atom stereocenters. The predicted octanol–water partition coefficient (Wildman–Crippen LogP) is 4.48. The average Bonchev–Trinajstić information content (AvgIpc) is 3.17. The monoisotopic (exact) mass is 494 g/mol. The highest BCUT2D eigenvalue weighted by Crippen LogP contribution is 2.41. The summed E-state index contributed by atoms with van der Waals surface area (Å²) in [6, 6.07) is 6.27. The second-order valence-electron chi connectivity index (χ2n) is 10.3. The molecule has 35 heavy (non-hydrogen) atoms. The maximum atomic E-state index is 13.2. The van der Waals surface area contributed by atoms with Gasteiger partial charge in [-0.2, -0.15) is 13.2 Å². The van der Waals surface area contributed by atoms with Crippen molar-refractivity contribution in [1.82, 2.24) is 19.8 Å². The summed E-state index contributed by atoms with van der Waals surface area (Å²) in [7, 11) is 0. The molecule has 4 heterocycles. The van der Waals surface area contributed by atoms with Gasteiger partial charge in [-0.15, -0.1) is 0 Å². The number of piperidine rings is 1. The largest absolute Gasteiger partial charge is 0.489 e. The van der Waals surface area contributed by atoms with Crippen molar-refractivity contribution in [2.24, 2.45) is 0 Å². The van der Waals surface area contributed by atoms with Crippen molar-refractivity contribution in [3.05, 3.63) is 47.0 Å². The van der Waals surface area contributed by atoms with E-state index in [2.05, 4.69) is 10.3 Å². The van der Waals surface area contributed by atoms with Crippen molar-refractivity contribution in [1.29, 1.82) is 0 Å². The van der Waals surface area contributed by atoms with E-state index in [4.69, 9.17) is 4.74 Å². The van der Waals surface area contributed by atoms with Crippen LogP contribution in [0.2, 0.25) is 0 Å². The number of nitrogens with one attached hydrogen (secondary N) is 1. The summed E-state index contributed by atoms with van der Waals surface area (Å²) in [4.78, 5) is 31.4. The van der Waals surface area contributed by atoms with E-state index in [1.54, 1.807) is 30.0 Å². The fourth-order valence-corrected chi connectivity index (χ4v) is 5.23. The number of ketones is 1. The molecule has 0 saturated carbocycles. The lowest BCUT2D eigenvalue weighted by Gasteiger charge is -2.51. The minimum absolute atomic E-state index is 0. The molecule has 0 atom stereocenters. The summed E-state index contributed by atoms with van der Waals surface area (Å²) < 4.78 is 46.8. The van der Waals surface area contributed by atoms with Gasteiger partial charge in [-0.1, -0.05) is 0 Å². The Hall–Kier alpha value is -2.88. The summed E-state index contributed by atoms with van der Waals surface area (Å²) in [5, 5.41) is 3.61. The molecule has 1 N–H and O–H groups in total. The summed E-state index contributed by atoms with van der Waals surface area (Å²) >= 11 is 0. The van der Waals surface area contributed by atoms with Gasteiger partial charge in [0, 0.05) is 32.3 Å². The number of carbonyl (C=O) groups excluding carboxylic acids is 2. The number of halogens is 3. The first-order valence-corrected chi connectivity index (χ1v) is 11.8. The van der Waals surface area contributed by atoms with Crippen LogP contribution in [-0.2, 0) is 12.1 Å². The molecule has 0 bridgehead atoms. The predicted molar refractivity (Wildman–Crippen MR) is 126 cm³/mol. The minimum Gasteiger partial charge on any atom is -0.489 e. The van der Waals surface area contributed by atoms with Crippen LogP contribution in [0.25, 0.3) is 0 Å². The van der Waals surface area contributed by atoms with Crippen molar-refractivity contribution in [2.45, 2.75) is 77.4 Å². The summed E-state index contributed by atoms with van der Waals surface area (Å²) in [6.45, 7) is 10.5. The third kappa shape index (κ3) is 4.80. The van der Waals surface area contributed by atoms with Crippen LogP contribution in [0.1, 0.15) is 74.3 Å². The fourth-order valence-electron chi connectivity index (χ4n) is 5.23. The molecule has 4 rings (SSSR count). The molecule has 1 fully saturated rings. The normalized spacial score (nSPS) is 19.1. The molecule has 2 aliphatic heterocycles. The van der Waals surface area contributed by atoms with Crippen molar-refractivity contribution in [3.63, 3.8) is 0 Å². The van der Waals surface area contributed by atoms with E-state index in [1.807, 2.05) is 27.7 Å². The Kier molecular flexibility index (Phi) is 6.24. The van der Waals surface area contributed by atoms with Gasteiger partial charge < -0.3 is 14.2 Å². The summed E-state index contributed by atoms with van der Waals surface area (Å²) in [6.07, 6.45) is -3.94. The Morgan fingerprint density at radius 3 is 2.37 bits per heavy atom.